The van der Waals surface area contributed by atoms with Crippen molar-refractivity contribution in [2.24, 2.45) is 0 Å². The SMILES string of the molecule is CCOCc1nn2c(=O)cc(COC(=O)CSc3ccc(Cl)cc3)nc2s1. The first kappa shape index (κ1) is 19.8. The number of rotatable bonds is 8. The maximum absolute atomic E-state index is 12.1. The lowest BCUT2D eigenvalue weighted by atomic mass is 10.4. The number of benzene rings is 1. The van der Waals surface area contributed by atoms with E-state index in [9.17, 15) is 9.59 Å². The Morgan fingerprint density at radius 3 is 2.81 bits per heavy atom. The van der Waals surface area contributed by atoms with Crippen LogP contribution in [0.25, 0.3) is 4.96 Å². The van der Waals surface area contributed by atoms with Gasteiger partial charge in [0.05, 0.1) is 11.4 Å². The fourth-order valence-electron chi connectivity index (χ4n) is 2.09. The molecule has 3 aromatic rings. The van der Waals surface area contributed by atoms with E-state index in [1.807, 2.05) is 19.1 Å². The molecule has 0 unspecified atom stereocenters. The van der Waals surface area contributed by atoms with Crippen molar-refractivity contribution in [2.45, 2.75) is 25.0 Å². The Hall–Kier alpha value is -1.94. The van der Waals surface area contributed by atoms with Gasteiger partial charge in [0.2, 0.25) is 4.96 Å². The predicted octanol–water partition coefficient (Wildman–Crippen LogP) is 3.18. The summed E-state index contributed by atoms with van der Waals surface area (Å²) in [5, 5.41) is 5.47. The summed E-state index contributed by atoms with van der Waals surface area (Å²) in [5.74, 6) is -0.236. The van der Waals surface area contributed by atoms with Gasteiger partial charge in [-0.05, 0) is 31.2 Å². The highest BCUT2D eigenvalue weighted by molar-refractivity contribution is 8.00. The van der Waals surface area contributed by atoms with Crippen LogP contribution in [0.1, 0.15) is 17.6 Å². The molecule has 2 heterocycles. The first-order valence-corrected chi connectivity index (χ1v) is 10.2. The molecule has 0 aliphatic carbocycles. The Bertz CT molecular complexity index is 988. The van der Waals surface area contributed by atoms with Crippen LogP contribution in [0.3, 0.4) is 0 Å². The van der Waals surface area contributed by atoms with Crippen molar-refractivity contribution in [1.82, 2.24) is 14.6 Å². The molecule has 0 spiro atoms. The largest absolute Gasteiger partial charge is 0.459 e. The van der Waals surface area contributed by atoms with E-state index in [1.165, 1.54) is 33.7 Å². The van der Waals surface area contributed by atoms with Gasteiger partial charge in [0, 0.05) is 22.6 Å². The summed E-state index contributed by atoms with van der Waals surface area (Å²) in [6.07, 6.45) is 0. The Kier molecular flexibility index (Phi) is 6.84. The zero-order valence-corrected chi connectivity index (χ0v) is 16.8. The number of hydrogen-bond donors (Lipinski definition) is 0. The molecule has 0 amide bonds. The van der Waals surface area contributed by atoms with Crippen LogP contribution in [0.5, 0.6) is 0 Å². The van der Waals surface area contributed by atoms with Gasteiger partial charge < -0.3 is 9.47 Å². The first-order valence-electron chi connectivity index (χ1n) is 8.05. The van der Waals surface area contributed by atoms with E-state index in [-0.39, 0.29) is 17.9 Å². The molecule has 0 radical (unpaired) electrons. The third-order valence-electron chi connectivity index (χ3n) is 3.32. The molecular weight excluding hydrogens is 410 g/mol. The summed E-state index contributed by atoms with van der Waals surface area (Å²) < 4.78 is 11.7. The highest BCUT2D eigenvalue weighted by Crippen LogP contribution is 2.20. The number of hydrogen-bond acceptors (Lipinski definition) is 8. The molecule has 142 valence electrons. The molecule has 0 N–H and O–H groups in total. The quantitative estimate of drug-likeness (QED) is 0.405. The zero-order chi connectivity index (χ0) is 19.2. The van der Waals surface area contributed by atoms with E-state index in [0.717, 1.165) is 4.90 Å². The second-order valence-electron chi connectivity index (χ2n) is 5.32. The van der Waals surface area contributed by atoms with Crippen LogP contribution < -0.4 is 5.56 Å². The highest BCUT2D eigenvalue weighted by Gasteiger charge is 2.11. The van der Waals surface area contributed by atoms with Crippen LogP contribution in [0, 0.1) is 0 Å². The van der Waals surface area contributed by atoms with Crippen molar-refractivity contribution >= 4 is 45.6 Å². The predicted molar refractivity (Wildman–Crippen MR) is 104 cm³/mol. The van der Waals surface area contributed by atoms with Crippen molar-refractivity contribution in [1.29, 1.82) is 0 Å². The number of carbonyl (C=O) groups is 1. The lowest BCUT2D eigenvalue weighted by Crippen LogP contribution is -2.17. The van der Waals surface area contributed by atoms with Gasteiger partial charge in [-0.15, -0.1) is 11.8 Å². The second-order valence-corrected chi connectivity index (χ2v) is 7.84. The Labute approximate surface area is 168 Å². The number of thioether (sulfide) groups is 1. The summed E-state index contributed by atoms with van der Waals surface area (Å²) in [7, 11) is 0. The van der Waals surface area contributed by atoms with Gasteiger partial charge in [0.1, 0.15) is 18.2 Å². The molecule has 0 aliphatic rings. The molecule has 2 aromatic heterocycles. The summed E-state index contributed by atoms with van der Waals surface area (Å²) in [6, 6.07) is 8.50. The van der Waals surface area contributed by atoms with Crippen LogP contribution in [-0.2, 0) is 27.5 Å². The molecule has 0 aliphatic heterocycles. The molecule has 0 bridgehead atoms. The van der Waals surface area contributed by atoms with Crippen LogP contribution in [0.15, 0.2) is 40.0 Å². The molecule has 0 atom stereocenters. The normalized spacial score (nSPS) is 11.0. The van der Waals surface area contributed by atoms with Crippen LogP contribution in [0.4, 0.5) is 0 Å². The van der Waals surface area contributed by atoms with Crippen molar-refractivity contribution in [3.05, 3.63) is 56.4 Å². The molecular formula is C17H16ClN3O4S2. The minimum Gasteiger partial charge on any atom is -0.459 e. The van der Waals surface area contributed by atoms with Crippen LogP contribution in [-0.4, -0.2) is 32.9 Å². The number of halogens is 1. The number of esters is 1. The molecule has 1 aromatic carbocycles. The van der Waals surface area contributed by atoms with Gasteiger partial charge in [-0.2, -0.15) is 9.61 Å². The van der Waals surface area contributed by atoms with E-state index in [0.29, 0.717) is 33.9 Å². The average molecular weight is 426 g/mol. The van der Waals surface area contributed by atoms with E-state index < -0.39 is 5.97 Å². The van der Waals surface area contributed by atoms with E-state index in [4.69, 9.17) is 21.1 Å². The van der Waals surface area contributed by atoms with Crippen LogP contribution in [0.2, 0.25) is 5.02 Å². The third-order valence-corrected chi connectivity index (χ3v) is 5.44. The van der Waals surface area contributed by atoms with E-state index in [1.54, 1.807) is 12.1 Å². The minimum atomic E-state index is -0.390. The molecule has 3 rings (SSSR count). The first-order chi connectivity index (χ1) is 13.0. The minimum absolute atomic E-state index is 0.0650. The third kappa shape index (κ3) is 5.52. The van der Waals surface area contributed by atoms with Crippen molar-refractivity contribution < 1.29 is 14.3 Å². The van der Waals surface area contributed by atoms with E-state index in [2.05, 4.69) is 10.1 Å². The number of fused-ring (bicyclic) bond motifs is 1. The Balaban J connectivity index is 1.58. The molecule has 10 heteroatoms. The number of aromatic nitrogens is 3. The summed E-state index contributed by atoms with van der Waals surface area (Å²) in [6.45, 7) is 2.71. The molecule has 7 nitrogen and oxygen atoms in total. The maximum atomic E-state index is 12.1. The van der Waals surface area contributed by atoms with Crippen LogP contribution >= 0.6 is 34.7 Å². The number of carbonyl (C=O) groups excluding carboxylic acids is 1. The molecule has 0 saturated heterocycles. The zero-order valence-electron chi connectivity index (χ0n) is 14.4. The molecule has 0 saturated carbocycles. The number of nitrogens with zero attached hydrogens (tertiary/aromatic N) is 3. The fraction of sp³-hybridized carbons (Fsp3) is 0.294. The standard InChI is InChI=1S/C17H16ClN3O4S2/c1-2-24-9-14-20-21-15(22)7-12(19-17(21)27-14)8-25-16(23)10-26-13-5-3-11(18)4-6-13/h3-7H,2,8-10H2,1H3. The van der Waals surface area contributed by atoms with Crippen molar-refractivity contribution in [3.63, 3.8) is 0 Å². The van der Waals surface area contributed by atoms with Gasteiger partial charge in [-0.25, -0.2) is 4.98 Å². The molecule has 27 heavy (non-hydrogen) atoms. The second kappa shape index (κ2) is 9.32. The van der Waals surface area contributed by atoms with Crippen molar-refractivity contribution in [3.8, 4) is 0 Å². The van der Waals surface area contributed by atoms with E-state index >= 15 is 0 Å². The Morgan fingerprint density at radius 1 is 1.30 bits per heavy atom. The van der Waals surface area contributed by atoms with Gasteiger partial charge in [-0.3, -0.25) is 9.59 Å². The Morgan fingerprint density at radius 2 is 2.07 bits per heavy atom. The maximum Gasteiger partial charge on any atom is 0.316 e. The number of ether oxygens (including phenoxy) is 2. The summed E-state index contributed by atoms with van der Waals surface area (Å²) in [4.78, 5) is 29.8. The molecule has 0 fully saturated rings. The smallest absolute Gasteiger partial charge is 0.316 e. The van der Waals surface area contributed by atoms with Crippen molar-refractivity contribution in [2.75, 3.05) is 12.4 Å². The van der Waals surface area contributed by atoms with Gasteiger partial charge >= 0.3 is 5.97 Å². The monoisotopic (exact) mass is 425 g/mol. The summed E-state index contributed by atoms with van der Waals surface area (Å²) >= 11 is 8.44. The van der Waals surface area contributed by atoms with Gasteiger partial charge in [0.25, 0.3) is 5.56 Å². The lowest BCUT2D eigenvalue weighted by Gasteiger charge is -2.04. The highest BCUT2D eigenvalue weighted by atomic mass is 35.5. The van der Waals surface area contributed by atoms with Gasteiger partial charge in [-0.1, -0.05) is 22.9 Å². The fourth-order valence-corrected chi connectivity index (χ4v) is 3.76. The van der Waals surface area contributed by atoms with Gasteiger partial charge in [0.15, 0.2) is 0 Å². The summed E-state index contributed by atoms with van der Waals surface area (Å²) in [5.41, 5.74) is 0.0667. The topological polar surface area (TPSA) is 82.8 Å². The average Bonchev–Trinajstić information content (AvgIpc) is 3.08. The lowest BCUT2D eigenvalue weighted by molar-refractivity contribution is -0.141.